The first-order chi connectivity index (χ1) is 8.60. The second-order valence-electron chi connectivity index (χ2n) is 5.49. The Morgan fingerprint density at radius 2 is 2.00 bits per heavy atom. The minimum atomic E-state index is -0.159. The molecule has 1 atom stereocenters. The third-order valence-corrected chi connectivity index (χ3v) is 4.09. The van der Waals surface area contributed by atoms with Crippen LogP contribution < -0.4 is 5.73 Å². The molecule has 1 fully saturated rings. The van der Waals surface area contributed by atoms with Crippen LogP contribution in [0.5, 0.6) is 0 Å². The van der Waals surface area contributed by atoms with Crippen LogP contribution >= 0.6 is 0 Å². The monoisotopic (exact) mass is 248 g/mol. The molecule has 1 saturated heterocycles. The van der Waals surface area contributed by atoms with E-state index in [0.29, 0.717) is 19.1 Å². The van der Waals surface area contributed by atoms with E-state index >= 15 is 0 Å². The number of likely N-dealkylation sites (N-methyl/N-ethyl adjacent to an activating group) is 1. The zero-order valence-corrected chi connectivity index (χ0v) is 11.6. The van der Waals surface area contributed by atoms with Gasteiger partial charge in [0.1, 0.15) is 0 Å². The second kappa shape index (κ2) is 5.39. The lowest BCUT2D eigenvalue weighted by molar-refractivity contribution is -0.0549. The Morgan fingerprint density at radius 3 is 2.50 bits per heavy atom. The lowest BCUT2D eigenvalue weighted by Crippen LogP contribution is -2.56. The summed E-state index contributed by atoms with van der Waals surface area (Å²) in [5.74, 6) is 0.563. The molecule has 0 aromatic heterocycles. The molecule has 1 aromatic rings. The molecule has 2 N–H and O–H groups in total. The van der Waals surface area contributed by atoms with Gasteiger partial charge in [0.15, 0.2) is 0 Å². The van der Waals surface area contributed by atoms with Gasteiger partial charge < -0.3 is 10.5 Å². The van der Waals surface area contributed by atoms with Gasteiger partial charge in [-0.2, -0.15) is 0 Å². The lowest BCUT2D eigenvalue weighted by atomic mass is 9.86. The van der Waals surface area contributed by atoms with Crippen molar-refractivity contribution in [2.24, 2.45) is 5.73 Å². The summed E-state index contributed by atoms with van der Waals surface area (Å²) in [7, 11) is 2.13. The summed E-state index contributed by atoms with van der Waals surface area (Å²) in [6.07, 6.45) is 0. The summed E-state index contributed by atoms with van der Waals surface area (Å²) in [5.41, 5.74) is 8.50. The van der Waals surface area contributed by atoms with Crippen LogP contribution in [0.15, 0.2) is 24.3 Å². The predicted octanol–water partition coefficient (Wildman–Crippen LogP) is 1.93. The van der Waals surface area contributed by atoms with Crippen LogP contribution in [0.1, 0.15) is 30.9 Å². The quantitative estimate of drug-likeness (QED) is 0.888. The fourth-order valence-corrected chi connectivity index (χ4v) is 2.58. The van der Waals surface area contributed by atoms with Gasteiger partial charge in [-0.15, -0.1) is 0 Å². The Morgan fingerprint density at radius 1 is 1.33 bits per heavy atom. The fourth-order valence-electron chi connectivity index (χ4n) is 2.58. The number of nitrogens with two attached hydrogens (primary N) is 1. The molecular formula is C15H24N2O. The Balaban J connectivity index is 2.32. The van der Waals surface area contributed by atoms with E-state index in [1.54, 1.807) is 0 Å². The molecule has 1 aromatic carbocycles. The Bertz CT molecular complexity index is 388. The van der Waals surface area contributed by atoms with Crippen molar-refractivity contribution in [1.82, 2.24) is 4.90 Å². The molecule has 0 spiro atoms. The van der Waals surface area contributed by atoms with Gasteiger partial charge >= 0.3 is 0 Å². The highest BCUT2D eigenvalue weighted by atomic mass is 16.5. The maximum absolute atomic E-state index is 6.04. The summed E-state index contributed by atoms with van der Waals surface area (Å²) in [5, 5.41) is 0. The van der Waals surface area contributed by atoms with Gasteiger partial charge in [-0.05, 0) is 24.1 Å². The van der Waals surface area contributed by atoms with E-state index in [-0.39, 0.29) is 5.54 Å². The van der Waals surface area contributed by atoms with Crippen LogP contribution in [-0.2, 0) is 10.3 Å². The maximum atomic E-state index is 6.04. The molecule has 1 aliphatic rings. The largest absolute Gasteiger partial charge is 0.378 e. The first-order valence-corrected chi connectivity index (χ1v) is 6.69. The van der Waals surface area contributed by atoms with Crippen molar-refractivity contribution in [2.45, 2.75) is 25.3 Å². The first kappa shape index (κ1) is 13.5. The van der Waals surface area contributed by atoms with Crippen LogP contribution in [0.25, 0.3) is 0 Å². The van der Waals surface area contributed by atoms with Gasteiger partial charge in [0.05, 0.1) is 18.8 Å². The number of rotatable bonds is 3. The SMILES string of the molecule is CC(C)c1ccc(C2(CN)COCCN2C)cc1. The molecule has 0 saturated carbocycles. The maximum Gasteiger partial charge on any atom is 0.0819 e. The zero-order valence-electron chi connectivity index (χ0n) is 11.6. The van der Waals surface area contributed by atoms with Gasteiger partial charge in [-0.3, -0.25) is 4.90 Å². The number of morpholine rings is 1. The van der Waals surface area contributed by atoms with Crippen LogP contribution in [0.3, 0.4) is 0 Å². The van der Waals surface area contributed by atoms with Crippen LogP contribution in [0.2, 0.25) is 0 Å². The van der Waals surface area contributed by atoms with E-state index < -0.39 is 0 Å². The lowest BCUT2D eigenvalue weighted by Gasteiger charge is -2.44. The highest BCUT2D eigenvalue weighted by molar-refractivity contribution is 5.31. The number of hydrogen-bond acceptors (Lipinski definition) is 3. The highest BCUT2D eigenvalue weighted by Gasteiger charge is 2.37. The molecule has 1 aliphatic heterocycles. The van der Waals surface area contributed by atoms with Crippen LogP contribution in [-0.4, -0.2) is 38.3 Å². The first-order valence-electron chi connectivity index (χ1n) is 6.69. The molecule has 100 valence electrons. The van der Waals surface area contributed by atoms with E-state index in [1.807, 2.05) is 0 Å². The Labute approximate surface area is 110 Å². The standard InChI is InChI=1S/C15H24N2O/c1-12(2)13-4-6-14(7-5-13)15(10-16)11-18-9-8-17(15)3/h4-7,12H,8-11,16H2,1-3H3. The number of ether oxygens (including phenoxy) is 1. The van der Waals surface area contributed by atoms with Crippen molar-refractivity contribution in [3.8, 4) is 0 Å². The van der Waals surface area contributed by atoms with E-state index in [9.17, 15) is 0 Å². The van der Waals surface area contributed by atoms with Crippen molar-refractivity contribution in [3.05, 3.63) is 35.4 Å². The van der Waals surface area contributed by atoms with Gasteiger partial charge in [0, 0.05) is 13.1 Å². The van der Waals surface area contributed by atoms with Crippen LogP contribution in [0.4, 0.5) is 0 Å². The third-order valence-electron chi connectivity index (χ3n) is 4.09. The second-order valence-corrected chi connectivity index (χ2v) is 5.49. The summed E-state index contributed by atoms with van der Waals surface area (Å²) in [6, 6.07) is 8.82. The van der Waals surface area contributed by atoms with Crippen molar-refractivity contribution < 1.29 is 4.74 Å². The number of nitrogens with zero attached hydrogens (tertiary/aromatic N) is 1. The highest BCUT2D eigenvalue weighted by Crippen LogP contribution is 2.30. The average Bonchev–Trinajstić information content (AvgIpc) is 2.40. The van der Waals surface area contributed by atoms with E-state index in [2.05, 4.69) is 50.1 Å². The van der Waals surface area contributed by atoms with Crippen molar-refractivity contribution in [2.75, 3.05) is 33.4 Å². The van der Waals surface area contributed by atoms with E-state index in [0.717, 1.165) is 13.2 Å². The van der Waals surface area contributed by atoms with Crippen molar-refractivity contribution in [1.29, 1.82) is 0 Å². The molecule has 0 radical (unpaired) electrons. The molecule has 3 nitrogen and oxygen atoms in total. The van der Waals surface area contributed by atoms with Crippen molar-refractivity contribution in [3.63, 3.8) is 0 Å². The molecule has 1 unspecified atom stereocenters. The molecule has 0 amide bonds. The summed E-state index contributed by atoms with van der Waals surface area (Å²) in [4.78, 5) is 2.32. The minimum absolute atomic E-state index is 0.159. The van der Waals surface area contributed by atoms with Gasteiger partial charge in [0.25, 0.3) is 0 Å². The van der Waals surface area contributed by atoms with Gasteiger partial charge in [0.2, 0.25) is 0 Å². The molecule has 18 heavy (non-hydrogen) atoms. The summed E-state index contributed by atoms with van der Waals surface area (Å²) < 4.78 is 5.66. The smallest absolute Gasteiger partial charge is 0.0819 e. The Hall–Kier alpha value is -0.900. The summed E-state index contributed by atoms with van der Waals surface area (Å²) >= 11 is 0. The van der Waals surface area contributed by atoms with Gasteiger partial charge in [-0.1, -0.05) is 38.1 Å². The molecule has 0 aliphatic carbocycles. The van der Waals surface area contributed by atoms with E-state index in [1.165, 1.54) is 11.1 Å². The zero-order chi connectivity index (χ0) is 13.2. The molecule has 3 heteroatoms. The molecular weight excluding hydrogens is 224 g/mol. The normalized spacial score (nSPS) is 25.6. The fraction of sp³-hybridized carbons (Fsp3) is 0.600. The predicted molar refractivity (Wildman–Crippen MR) is 74.7 cm³/mol. The Kier molecular flexibility index (Phi) is 4.05. The van der Waals surface area contributed by atoms with Crippen molar-refractivity contribution >= 4 is 0 Å². The third kappa shape index (κ3) is 2.30. The molecule has 1 heterocycles. The number of benzene rings is 1. The van der Waals surface area contributed by atoms with Crippen LogP contribution in [0, 0.1) is 0 Å². The molecule has 2 rings (SSSR count). The molecule has 0 bridgehead atoms. The van der Waals surface area contributed by atoms with E-state index in [4.69, 9.17) is 10.5 Å². The topological polar surface area (TPSA) is 38.5 Å². The summed E-state index contributed by atoms with van der Waals surface area (Å²) in [6.45, 7) is 7.42. The van der Waals surface area contributed by atoms with Gasteiger partial charge in [-0.25, -0.2) is 0 Å². The average molecular weight is 248 g/mol. The number of hydrogen-bond donors (Lipinski definition) is 1. The minimum Gasteiger partial charge on any atom is -0.378 e.